The van der Waals surface area contributed by atoms with Crippen LogP contribution in [0.5, 0.6) is 0 Å². The molecule has 4 amide bonds. The molecule has 3 rings (SSSR count). The van der Waals surface area contributed by atoms with Gasteiger partial charge in [0.05, 0.1) is 5.69 Å². The van der Waals surface area contributed by atoms with Gasteiger partial charge >= 0.3 is 6.03 Å². The van der Waals surface area contributed by atoms with Crippen molar-refractivity contribution in [2.24, 2.45) is 0 Å². The first kappa shape index (κ1) is 16.4. The Bertz CT molecular complexity index is 685. The lowest BCUT2D eigenvalue weighted by Gasteiger charge is -2.31. The fourth-order valence-corrected chi connectivity index (χ4v) is 3.40. The molecular weight excluding hydrogens is 313 g/mol. The zero-order chi connectivity index (χ0) is 17.3. The predicted molar refractivity (Wildman–Crippen MR) is 85.7 cm³/mol. The SMILES string of the molecule is C[C@H](C(=O)Nc1ccccc1F)N1C(=O)NC2(CCCCC2)C1=O. The molecule has 1 aliphatic carbocycles. The van der Waals surface area contributed by atoms with E-state index in [0.29, 0.717) is 12.8 Å². The normalized spacial score (nSPS) is 20.8. The molecule has 1 aromatic rings. The highest BCUT2D eigenvalue weighted by Gasteiger charge is 2.53. The third-order valence-corrected chi connectivity index (χ3v) is 4.80. The summed E-state index contributed by atoms with van der Waals surface area (Å²) in [5, 5.41) is 5.19. The van der Waals surface area contributed by atoms with E-state index >= 15 is 0 Å². The average molecular weight is 333 g/mol. The zero-order valence-corrected chi connectivity index (χ0v) is 13.5. The van der Waals surface area contributed by atoms with Crippen LogP contribution >= 0.6 is 0 Å². The number of benzene rings is 1. The number of anilines is 1. The summed E-state index contributed by atoms with van der Waals surface area (Å²) in [7, 11) is 0. The van der Waals surface area contributed by atoms with Crippen molar-refractivity contribution in [1.82, 2.24) is 10.2 Å². The van der Waals surface area contributed by atoms with Gasteiger partial charge in [0.15, 0.2) is 0 Å². The van der Waals surface area contributed by atoms with Gasteiger partial charge in [0.2, 0.25) is 5.91 Å². The quantitative estimate of drug-likeness (QED) is 0.834. The van der Waals surface area contributed by atoms with Gasteiger partial charge in [-0.2, -0.15) is 0 Å². The van der Waals surface area contributed by atoms with Gasteiger partial charge < -0.3 is 10.6 Å². The largest absolute Gasteiger partial charge is 0.325 e. The molecule has 0 bridgehead atoms. The minimum Gasteiger partial charge on any atom is -0.323 e. The van der Waals surface area contributed by atoms with Gasteiger partial charge in [-0.25, -0.2) is 14.1 Å². The second-order valence-electron chi connectivity index (χ2n) is 6.39. The molecule has 2 fully saturated rings. The first-order valence-corrected chi connectivity index (χ1v) is 8.16. The summed E-state index contributed by atoms with van der Waals surface area (Å²) in [5.74, 6) is -1.53. The Hall–Kier alpha value is -2.44. The third-order valence-electron chi connectivity index (χ3n) is 4.80. The Morgan fingerprint density at radius 2 is 1.92 bits per heavy atom. The molecule has 1 saturated heterocycles. The zero-order valence-electron chi connectivity index (χ0n) is 13.5. The molecule has 1 saturated carbocycles. The van der Waals surface area contributed by atoms with Crippen LogP contribution in [0.25, 0.3) is 0 Å². The van der Waals surface area contributed by atoms with Gasteiger partial charge in [0.25, 0.3) is 5.91 Å². The average Bonchev–Trinajstić information content (AvgIpc) is 2.80. The minimum atomic E-state index is -1.02. The monoisotopic (exact) mass is 333 g/mol. The Labute approximate surface area is 139 Å². The van der Waals surface area contributed by atoms with Crippen molar-refractivity contribution in [3.8, 4) is 0 Å². The lowest BCUT2D eigenvalue weighted by Crippen LogP contribution is -2.50. The van der Waals surface area contributed by atoms with Crippen molar-refractivity contribution in [3.05, 3.63) is 30.1 Å². The van der Waals surface area contributed by atoms with Gasteiger partial charge in [-0.3, -0.25) is 9.59 Å². The maximum atomic E-state index is 13.7. The lowest BCUT2D eigenvalue weighted by atomic mass is 9.81. The molecule has 1 aromatic carbocycles. The summed E-state index contributed by atoms with van der Waals surface area (Å²) in [6, 6.07) is 4.18. The highest BCUT2D eigenvalue weighted by Crippen LogP contribution is 2.34. The summed E-state index contributed by atoms with van der Waals surface area (Å²) >= 11 is 0. The van der Waals surface area contributed by atoms with Crippen LogP contribution in [0, 0.1) is 5.82 Å². The number of halogens is 1. The Morgan fingerprint density at radius 3 is 2.58 bits per heavy atom. The van der Waals surface area contributed by atoms with Crippen LogP contribution in [0.4, 0.5) is 14.9 Å². The minimum absolute atomic E-state index is 0.0220. The maximum absolute atomic E-state index is 13.7. The number of imide groups is 1. The van der Waals surface area contributed by atoms with E-state index in [0.717, 1.165) is 24.2 Å². The molecule has 6 nitrogen and oxygen atoms in total. The van der Waals surface area contributed by atoms with Crippen LogP contribution in [0.1, 0.15) is 39.0 Å². The van der Waals surface area contributed by atoms with E-state index in [1.807, 2.05) is 0 Å². The van der Waals surface area contributed by atoms with Crippen LogP contribution in [-0.2, 0) is 9.59 Å². The second kappa shape index (κ2) is 6.22. The summed E-state index contributed by atoms with van der Waals surface area (Å²) < 4.78 is 13.7. The fraction of sp³-hybridized carbons (Fsp3) is 0.471. The smallest absolute Gasteiger partial charge is 0.323 e. The Morgan fingerprint density at radius 1 is 1.25 bits per heavy atom. The number of nitrogens with zero attached hydrogens (tertiary/aromatic N) is 1. The predicted octanol–water partition coefficient (Wildman–Crippen LogP) is 2.41. The fourth-order valence-electron chi connectivity index (χ4n) is 3.40. The summed E-state index contributed by atoms with van der Waals surface area (Å²) in [6.07, 6.45) is 3.96. The molecule has 128 valence electrons. The molecular formula is C17H20FN3O3. The first-order valence-electron chi connectivity index (χ1n) is 8.16. The number of hydrogen-bond donors (Lipinski definition) is 2. The van der Waals surface area contributed by atoms with Gasteiger partial charge in [0.1, 0.15) is 17.4 Å². The molecule has 1 aliphatic heterocycles. The number of amides is 4. The van der Waals surface area contributed by atoms with Crippen molar-refractivity contribution in [1.29, 1.82) is 0 Å². The molecule has 1 spiro atoms. The van der Waals surface area contributed by atoms with E-state index in [1.54, 1.807) is 6.07 Å². The molecule has 0 unspecified atom stereocenters. The topological polar surface area (TPSA) is 78.5 Å². The van der Waals surface area contributed by atoms with Crippen LogP contribution in [0.15, 0.2) is 24.3 Å². The number of hydrogen-bond acceptors (Lipinski definition) is 3. The number of rotatable bonds is 3. The van der Waals surface area contributed by atoms with Crippen LogP contribution in [0.3, 0.4) is 0 Å². The highest BCUT2D eigenvalue weighted by molar-refractivity contribution is 6.11. The van der Waals surface area contributed by atoms with Gasteiger partial charge in [0, 0.05) is 0 Å². The third kappa shape index (κ3) is 2.74. The highest BCUT2D eigenvalue weighted by atomic mass is 19.1. The van der Waals surface area contributed by atoms with E-state index in [-0.39, 0.29) is 11.6 Å². The number of urea groups is 1. The molecule has 1 heterocycles. The van der Waals surface area contributed by atoms with E-state index < -0.39 is 29.3 Å². The number of para-hydroxylation sites is 1. The number of carbonyl (C=O) groups excluding carboxylic acids is 3. The van der Waals surface area contributed by atoms with Crippen molar-refractivity contribution < 1.29 is 18.8 Å². The van der Waals surface area contributed by atoms with Crippen molar-refractivity contribution in [3.63, 3.8) is 0 Å². The van der Waals surface area contributed by atoms with E-state index in [2.05, 4.69) is 10.6 Å². The summed E-state index contributed by atoms with van der Waals surface area (Å²) in [5.41, 5.74) is -0.851. The molecule has 0 aromatic heterocycles. The molecule has 7 heteroatoms. The van der Waals surface area contributed by atoms with Crippen molar-refractivity contribution in [2.45, 2.75) is 50.6 Å². The van der Waals surface area contributed by atoms with Crippen molar-refractivity contribution >= 4 is 23.5 Å². The lowest BCUT2D eigenvalue weighted by molar-refractivity contribution is -0.137. The van der Waals surface area contributed by atoms with Crippen LogP contribution in [-0.4, -0.2) is 34.3 Å². The van der Waals surface area contributed by atoms with Crippen molar-refractivity contribution in [2.75, 3.05) is 5.32 Å². The first-order chi connectivity index (χ1) is 11.4. The van der Waals surface area contributed by atoms with Gasteiger partial charge in [-0.05, 0) is 31.9 Å². The molecule has 1 atom stereocenters. The maximum Gasteiger partial charge on any atom is 0.325 e. The summed E-state index contributed by atoms with van der Waals surface area (Å²) in [4.78, 5) is 38.3. The van der Waals surface area contributed by atoms with E-state index in [4.69, 9.17) is 0 Å². The number of nitrogens with one attached hydrogen (secondary N) is 2. The molecule has 0 radical (unpaired) electrons. The van der Waals surface area contributed by atoms with Crippen LogP contribution in [0.2, 0.25) is 0 Å². The molecule has 2 N–H and O–H groups in total. The van der Waals surface area contributed by atoms with E-state index in [9.17, 15) is 18.8 Å². The van der Waals surface area contributed by atoms with Gasteiger partial charge in [-0.15, -0.1) is 0 Å². The number of carbonyl (C=O) groups is 3. The van der Waals surface area contributed by atoms with Gasteiger partial charge in [-0.1, -0.05) is 31.4 Å². The Balaban J connectivity index is 1.75. The van der Waals surface area contributed by atoms with E-state index in [1.165, 1.54) is 25.1 Å². The second-order valence-corrected chi connectivity index (χ2v) is 6.39. The molecule has 2 aliphatic rings. The standard InChI is InChI=1S/C17H20FN3O3/c1-11(14(22)19-13-8-4-3-7-12(13)18)21-15(23)17(20-16(21)24)9-5-2-6-10-17/h3-4,7-8,11H,2,5-6,9-10H2,1H3,(H,19,22)(H,20,24)/t11-/m1/s1. The van der Waals surface area contributed by atoms with Crippen LogP contribution < -0.4 is 10.6 Å². The Kier molecular flexibility index (Phi) is 4.26. The molecule has 24 heavy (non-hydrogen) atoms. The summed E-state index contributed by atoms with van der Waals surface area (Å²) in [6.45, 7) is 1.47.